The van der Waals surface area contributed by atoms with E-state index in [1.54, 1.807) is 6.07 Å². The quantitative estimate of drug-likeness (QED) is 0.492. The number of aryl methyl sites for hydroxylation is 1. The number of nitrogens with zero attached hydrogens (tertiary/aromatic N) is 1. The molecule has 4 aliphatic rings. The molecule has 1 fully saturated rings. The Morgan fingerprint density at radius 1 is 0.800 bits per heavy atom. The number of imide groups is 1. The van der Waals surface area contributed by atoms with Crippen molar-refractivity contribution >= 4 is 23.8 Å². The maximum Gasteiger partial charge on any atom is 0.239 e. The second kappa shape index (κ2) is 5.76. The summed E-state index contributed by atoms with van der Waals surface area (Å²) >= 11 is 0. The van der Waals surface area contributed by atoms with Crippen LogP contribution in [0.4, 0.5) is 5.69 Å². The molecule has 2 atom stereocenters. The van der Waals surface area contributed by atoms with Gasteiger partial charge in [0.05, 0.1) is 22.9 Å². The van der Waals surface area contributed by atoms with E-state index in [9.17, 15) is 14.4 Å². The SMILES string of the molecule is Cc1ccccc1N1C(=O)[C@@H]2C3c4ccccc4C(C=O)(c4ccccc43)[C@H]2C1=O. The van der Waals surface area contributed by atoms with E-state index in [0.717, 1.165) is 34.1 Å². The van der Waals surface area contributed by atoms with Crippen molar-refractivity contribution in [2.75, 3.05) is 4.90 Å². The number of carbonyl (C=O) groups is 3. The lowest BCUT2D eigenvalue weighted by Crippen LogP contribution is -2.54. The first-order valence-electron chi connectivity index (χ1n) is 10.2. The number of amides is 2. The van der Waals surface area contributed by atoms with Crippen LogP contribution < -0.4 is 4.90 Å². The van der Waals surface area contributed by atoms with Gasteiger partial charge in [-0.2, -0.15) is 0 Å². The van der Waals surface area contributed by atoms with Crippen molar-refractivity contribution in [1.82, 2.24) is 0 Å². The van der Waals surface area contributed by atoms with Gasteiger partial charge in [-0.1, -0.05) is 66.7 Å². The Labute approximate surface area is 174 Å². The van der Waals surface area contributed by atoms with Crippen LogP contribution in [0.5, 0.6) is 0 Å². The van der Waals surface area contributed by atoms with E-state index >= 15 is 0 Å². The molecule has 0 unspecified atom stereocenters. The molecule has 1 aliphatic heterocycles. The first-order valence-corrected chi connectivity index (χ1v) is 10.2. The predicted octanol–water partition coefficient (Wildman–Crippen LogP) is 3.74. The summed E-state index contributed by atoms with van der Waals surface area (Å²) in [6.07, 6.45) is 0.907. The maximum atomic E-state index is 13.8. The second-order valence-corrected chi connectivity index (χ2v) is 8.44. The fraction of sp³-hybridized carbons (Fsp3) is 0.192. The van der Waals surface area contributed by atoms with Crippen LogP contribution in [0.3, 0.4) is 0 Å². The van der Waals surface area contributed by atoms with Crippen molar-refractivity contribution in [3.8, 4) is 0 Å². The molecule has 146 valence electrons. The lowest BCUT2D eigenvalue weighted by atomic mass is 9.48. The van der Waals surface area contributed by atoms with Gasteiger partial charge in [0, 0.05) is 5.92 Å². The van der Waals surface area contributed by atoms with Crippen LogP contribution in [0.15, 0.2) is 72.8 Å². The fourth-order valence-electron chi connectivity index (χ4n) is 6.08. The minimum Gasteiger partial charge on any atom is -0.302 e. The Hall–Kier alpha value is -3.53. The molecule has 2 bridgehead atoms. The normalized spacial score (nSPS) is 28.2. The number of carbonyl (C=O) groups excluding carboxylic acids is 3. The van der Waals surface area contributed by atoms with E-state index in [1.807, 2.05) is 73.7 Å². The van der Waals surface area contributed by atoms with Gasteiger partial charge in [-0.15, -0.1) is 0 Å². The van der Waals surface area contributed by atoms with Crippen molar-refractivity contribution in [2.45, 2.75) is 18.3 Å². The Bertz CT molecular complexity index is 1210. The number of rotatable bonds is 2. The van der Waals surface area contributed by atoms with Crippen LogP contribution in [0.25, 0.3) is 0 Å². The number of hydrogen-bond acceptors (Lipinski definition) is 3. The topological polar surface area (TPSA) is 54.5 Å². The molecule has 1 saturated heterocycles. The molecular formula is C26H19NO3. The minimum absolute atomic E-state index is 0.209. The smallest absolute Gasteiger partial charge is 0.239 e. The highest BCUT2D eigenvalue weighted by Gasteiger charge is 2.68. The van der Waals surface area contributed by atoms with Gasteiger partial charge >= 0.3 is 0 Å². The number of aldehydes is 1. The zero-order chi connectivity index (χ0) is 20.6. The lowest BCUT2D eigenvalue weighted by Gasteiger charge is -2.51. The van der Waals surface area contributed by atoms with Crippen LogP contribution in [0, 0.1) is 18.8 Å². The van der Waals surface area contributed by atoms with Crippen molar-refractivity contribution in [2.24, 2.45) is 11.8 Å². The van der Waals surface area contributed by atoms with E-state index in [4.69, 9.17) is 0 Å². The molecule has 30 heavy (non-hydrogen) atoms. The Balaban J connectivity index is 1.67. The van der Waals surface area contributed by atoms with Gasteiger partial charge in [-0.05, 0) is 40.8 Å². The summed E-state index contributed by atoms with van der Waals surface area (Å²) in [5, 5.41) is 0. The predicted molar refractivity (Wildman–Crippen MR) is 112 cm³/mol. The summed E-state index contributed by atoms with van der Waals surface area (Å²) in [5.41, 5.74) is 4.01. The van der Waals surface area contributed by atoms with Crippen LogP contribution in [-0.2, 0) is 19.8 Å². The van der Waals surface area contributed by atoms with Gasteiger partial charge in [0.15, 0.2) is 0 Å². The molecule has 3 aromatic carbocycles. The Morgan fingerprint density at radius 2 is 1.37 bits per heavy atom. The van der Waals surface area contributed by atoms with E-state index < -0.39 is 17.3 Å². The third-order valence-electron chi connectivity index (χ3n) is 7.23. The van der Waals surface area contributed by atoms with E-state index in [0.29, 0.717) is 5.69 Å². The molecule has 2 amide bonds. The molecular weight excluding hydrogens is 374 g/mol. The third-order valence-corrected chi connectivity index (χ3v) is 7.23. The maximum absolute atomic E-state index is 13.8. The molecule has 0 saturated carbocycles. The number of benzene rings is 3. The minimum atomic E-state index is -1.14. The second-order valence-electron chi connectivity index (χ2n) is 8.44. The van der Waals surface area contributed by atoms with Gasteiger partial charge < -0.3 is 4.79 Å². The summed E-state index contributed by atoms with van der Waals surface area (Å²) < 4.78 is 0. The number of anilines is 1. The lowest BCUT2D eigenvalue weighted by molar-refractivity contribution is -0.128. The van der Waals surface area contributed by atoms with Gasteiger partial charge in [0.25, 0.3) is 0 Å². The Kier molecular flexibility index (Phi) is 3.33. The molecule has 1 heterocycles. The largest absolute Gasteiger partial charge is 0.302 e. The average molecular weight is 393 g/mol. The van der Waals surface area contributed by atoms with Gasteiger partial charge in [0.2, 0.25) is 11.8 Å². The molecule has 0 radical (unpaired) electrons. The summed E-state index contributed by atoms with van der Waals surface area (Å²) in [6, 6.07) is 23.0. The van der Waals surface area contributed by atoms with Crippen LogP contribution >= 0.6 is 0 Å². The highest BCUT2D eigenvalue weighted by atomic mass is 16.2. The standard InChI is InChI=1S/C26H19NO3/c1-15-8-2-7-13-20(15)27-24(29)22-21-16-9-3-5-11-18(16)26(14-28,23(22)25(27)30)19-12-6-4-10-17(19)21/h2-14,21-23H,1H3/t21?,22-,23-,26?/m1/s1. The molecule has 0 aromatic heterocycles. The molecule has 0 N–H and O–H groups in total. The van der Waals surface area contributed by atoms with Gasteiger partial charge in [-0.25, -0.2) is 4.90 Å². The zero-order valence-electron chi connectivity index (χ0n) is 16.4. The van der Waals surface area contributed by atoms with Crippen LogP contribution in [-0.4, -0.2) is 18.1 Å². The molecule has 3 aromatic rings. The highest BCUT2D eigenvalue weighted by Crippen LogP contribution is 2.63. The van der Waals surface area contributed by atoms with Crippen molar-refractivity contribution < 1.29 is 14.4 Å². The van der Waals surface area contributed by atoms with E-state index in [2.05, 4.69) is 0 Å². The molecule has 7 rings (SSSR count). The summed E-state index contributed by atoms with van der Waals surface area (Å²) in [5.74, 6) is -2.02. The summed E-state index contributed by atoms with van der Waals surface area (Å²) in [7, 11) is 0. The van der Waals surface area contributed by atoms with E-state index in [1.165, 1.54) is 4.90 Å². The van der Waals surface area contributed by atoms with Gasteiger partial charge in [-0.3, -0.25) is 9.59 Å². The first-order chi connectivity index (χ1) is 14.6. The number of hydrogen-bond donors (Lipinski definition) is 0. The van der Waals surface area contributed by atoms with Crippen molar-refractivity contribution in [1.29, 1.82) is 0 Å². The Morgan fingerprint density at radius 3 is 1.97 bits per heavy atom. The zero-order valence-corrected chi connectivity index (χ0v) is 16.4. The van der Waals surface area contributed by atoms with Crippen LogP contribution in [0.2, 0.25) is 0 Å². The average Bonchev–Trinajstić information content (AvgIpc) is 3.05. The molecule has 3 aliphatic carbocycles. The highest BCUT2D eigenvalue weighted by molar-refractivity contribution is 6.25. The van der Waals surface area contributed by atoms with Gasteiger partial charge in [0.1, 0.15) is 6.29 Å². The molecule has 4 nitrogen and oxygen atoms in total. The van der Waals surface area contributed by atoms with E-state index in [-0.39, 0.29) is 17.7 Å². The van der Waals surface area contributed by atoms with Crippen molar-refractivity contribution in [3.63, 3.8) is 0 Å². The summed E-state index contributed by atoms with van der Waals surface area (Å²) in [6.45, 7) is 1.89. The fourth-order valence-corrected chi connectivity index (χ4v) is 6.08. The number of para-hydroxylation sites is 1. The molecule has 4 heteroatoms. The first kappa shape index (κ1) is 17.3. The van der Waals surface area contributed by atoms with Crippen LogP contribution in [0.1, 0.15) is 33.7 Å². The third kappa shape index (κ3) is 1.80. The monoisotopic (exact) mass is 393 g/mol. The van der Waals surface area contributed by atoms with Crippen molar-refractivity contribution in [3.05, 3.63) is 101 Å². The molecule has 0 spiro atoms. The summed E-state index contributed by atoms with van der Waals surface area (Å²) in [4.78, 5) is 41.8.